The van der Waals surface area contributed by atoms with Gasteiger partial charge in [-0.05, 0) is 35.9 Å². The molecule has 1 heterocycles. The number of furan rings is 1. The Kier molecular flexibility index (Phi) is 6.88. The average molecular weight is 444 g/mol. The number of amides is 1. The maximum atomic E-state index is 12.1. The minimum absolute atomic E-state index is 0.0877. The van der Waals surface area contributed by atoms with E-state index in [4.69, 9.17) is 25.5 Å². The van der Waals surface area contributed by atoms with E-state index in [-0.39, 0.29) is 18.0 Å². The zero-order valence-electron chi connectivity index (χ0n) is 16.6. The molecule has 3 rings (SSSR count). The molecule has 0 fully saturated rings. The number of benzene rings is 2. The normalized spacial score (nSPS) is 10.8. The number of methoxy groups -OCH3 is 2. The van der Waals surface area contributed by atoms with E-state index < -0.39 is 4.92 Å². The predicted octanol–water partition coefficient (Wildman–Crippen LogP) is 4.22. The summed E-state index contributed by atoms with van der Waals surface area (Å²) < 4.78 is 16.0. The van der Waals surface area contributed by atoms with Crippen molar-refractivity contribution in [2.75, 3.05) is 14.2 Å². The molecular formula is C21H18ClN3O6. The first-order valence-electron chi connectivity index (χ1n) is 8.98. The molecule has 0 aliphatic carbocycles. The number of carbonyl (C=O) groups excluding carboxylic acids is 1. The summed E-state index contributed by atoms with van der Waals surface area (Å²) in [5, 5.41) is 15.1. The van der Waals surface area contributed by atoms with Crippen molar-refractivity contribution in [2.24, 2.45) is 5.10 Å². The molecule has 1 N–H and O–H groups in total. The Morgan fingerprint density at radius 1 is 1.16 bits per heavy atom. The lowest BCUT2D eigenvalue weighted by Crippen LogP contribution is -2.19. The van der Waals surface area contributed by atoms with Crippen LogP contribution in [0.15, 0.2) is 58.0 Å². The van der Waals surface area contributed by atoms with Gasteiger partial charge in [-0.2, -0.15) is 5.10 Å². The summed E-state index contributed by atoms with van der Waals surface area (Å²) in [6, 6.07) is 12.5. The van der Waals surface area contributed by atoms with Crippen molar-refractivity contribution in [3.63, 3.8) is 0 Å². The highest BCUT2D eigenvalue weighted by Crippen LogP contribution is 2.32. The maximum absolute atomic E-state index is 12.1. The average Bonchev–Trinajstić information content (AvgIpc) is 3.22. The molecule has 0 atom stereocenters. The van der Waals surface area contributed by atoms with Crippen LogP contribution in [-0.4, -0.2) is 31.3 Å². The first-order valence-corrected chi connectivity index (χ1v) is 9.36. The smallest absolute Gasteiger partial charge is 0.270 e. The SMILES string of the molecule is COc1ccc(CC(=O)N/N=C\c2ccc(-c3cc([N+](=O)[O-])ccc3Cl)o2)cc1OC. The molecule has 0 spiro atoms. The first-order chi connectivity index (χ1) is 14.9. The van der Waals surface area contributed by atoms with Gasteiger partial charge < -0.3 is 13.9 Å². The fourth-order valence-corrected chi connectivity index (χ4v) is 2.98. The molecule has 0 aliphatic heterocycles. The Morgan fingerprint density at radius 3 is 2.65 bits per heavy atom. The number of nitrogens with zero attached hydrogens (tertiary/aromatic N) is 2. The van der Waals surface area contributed by atoms with Crippen LogP contribution in [0.2, 0.25) is 5.02 Å². The lowest BCUT2D eigenvalue weighted by molar-refractivity contribution is -0.384. The van der Waals surface area contributed by atoms with E-state index in [2.05, 4.69) is 10.5 Å². The second-order valence-electron chi connectivity index (χ2n) is 6.28. The zero-order valence-corrected chi connectivity index (χ0v) is 17.4. The van der Waals surface area contributed by atoms with Gasteiger partial charge in [-0.1, -0.05) is 17.7 Å². The summed E-state index contributed by atoms with van der Waals surface area (Å²) >= 11 is 6.12. The number of hydrazone groups is 1. The Hall–Kier alpha value is -3.85. The minimum atomic E-state index is -0.515. The number of rotatable bonds is 8. The van der Waals surface area contributed by atoms with Crippen molar-refractivity contribution in [3.8, 4) is 22.8 Å². The molecule has 1 aromatic heterocycles. The van der Waals surface area contributed by atoms with Crippen molar-refractivity contribution < 1.29 is 23.6 Å². The number of nitrogens with one attached hydrogen (secondary N) is 1. The minimum Gasteiger partial charge on any atom is -0.493 e. The first kappa shape index (κ1) is 21.8. The van der Waals surface area contributed by atoms with Crippen molar-refractivity contribution >= 4 is 29.4 Å². The van der Waals surface area contributed by atoms with Gasteiger partial charge in [-0.3, -0.25) is 14.9 Å². The van der Waals surface area contributed by atoms with Gasteiger partial charge in [-0.15, -0.1) is 0 Å². The molecule has 2 aromatic carbocycles. The lowest BCUT2D eigenvalue weighted by atomic mass is 10.1. The van der Waals surface area contributed by atoms with Crippen LogP contribution in [0.4, 0.5) is 5.69 Å². The quantitative estimate of drug-likeness (QED) is 0.316. The number of halogens is 1. The number of hydrogen-bond acceptors (Lipinski definition) is 7. The monoisotopic (exact) mass is 443 g/mol. The van der Waals surface area contributed by atoms with Crippen molar-refractivity contribution in [1.82, 2.24) is 5.43 Å². The molecule has 160 valence electrons. The van der Waals surface area contributed by atoms with Gasteiger partial charge in [-0.25, -0.2) is 5.43 Å². The number of nitro groups is 1. The molecule has 31 heavy (non-hydrogen) atoms. The van der Waals surface area contributed by atoms with E-state index in [1.165, 1.54) is 38.6 Å². The molecule has 0 unspecified atom stereocenters. The zero-order chi connectivity index (χ0) is 22.4. The highest BCUT2D eigenvalue weighted by Gasteiger charge is 2.14. The summed E-state index contributed by atoms with van der Waals surface area (Å²) in [7, 11) is 3.05. The fourth-order valence-electron chi connectivity index (χ4n) is 2.77. The molecule has 10 heteroatoms. The molecule has 3 aromatic rings. The van der Waals surface area contributed by atoms with E-state index in [0.29, 0.717) is 33.6 Å². The molecule has 0 saturated heterocycles. The third-order valence-corrected chi connectivity index (χ3v) is 4.58. The third-order valence-electron chi connectivity index (χ3n) is 4.25. The number of ether oxygens (including phenoxy) is 2. The largest absolute Gasteiger partial charge is 0.493 e. The van der Waals surface area contributed by atoms with Crippen LogP contribution in [0, 0.1) is 10.1 Å². The number of nitro benzene ring substituents is 1. The van der Waals surface area contributed by atoms with Crippen molar-refractivity contribution in [3.05, 3.63) is 75.0 Å². The molecule has 0 radical (unpaired) electrons. The van der Waals surface area contributed by atoms with Crippen LogP contribution in [0.1, 0.15) is 11.3 Å². The van der Waals surface area contributed by atoms with Crippen LogP contribution in [-0.2, 0) is 11.2 Å². The molecule has 0 aliphatic rings. The maximum Gasteiger partial charge on any atom is 0.270 e. The topological polar surface area (TPSA) is 116 Å². The third kappa shape index (κ3) is 5.40. The van der Waals surface area contributed by atoms with Crippen molar-refractivity contribution in [1.29, 1.82) is 0 Å². The number of hydrogen-bond donors (Lipinski definition) is 1. The molecule has 9 nitrogen and oxygen atoms in total. The number of non-ortho nitro benzene ring substituents is 1. The highest BCUT2D eigenvalue weighted by molar-refractivity contribution is 6.33. The summed E-state index contributed by atoms with van der Waals surface area (Å²) in [5.74, 6) is 1.44. The summed E-state index contributed by atoms with van der Waals surface area (Å²) in [6.45, 7) is 0. The van der Waals surface area contributed by atoms with Gasteiger partial charge in [0.25, 0.3) is 5.69 Å². The second-order valence-corrected chi connectivity index (χ2v) is 6.69. The molecule has 1 amide bonds. The van der Waals surface area contributed by atoms with Gasteiger partial charge in [0, 0.05) is 17.7 Å². The van der Waals surface area contributed by atoms with Gasteiger partial charge >= 0.3 is 0 Å². The summed E-state index contributed by atoms with van der Waals surface area (Å²) in [4.78, 5) is 22.6. The lowest BCUT2D eigenvalue weighted by Gasteiger charge is -2.09. The fraction of sp³-hybridized carbons (Fsp3) is 0.143. The van der Waals surface area contributed by atoms with E-state index in [0.717, 1.165) is 5.56 Å². The second kappa shape index (κ2) is 9.77. The van der Waals surface area contributed by atoms with Crippen molar-refractivity contribution in [2.45, 2.75) is 6.42 Å². The van der Waals surface area contributed by atoms with E-state index >= 15 is 0 Å². The van der Waals surface area contributed by atoms with Gasteiger partial charge in [0.05, 0.1) is 36.8 Å². The van der Waals surface area contributed by atoms with Gasteiger partial charge in [0.15, 0.2) is 11.5 Å². The Morgan fingerprint density at radius 2 is 1.94 bits per heavy atom. The van der Waals surface area contributed by atoms with Crippen LogP contribution in [0.25, 0.3) is 11.3 Å². The standard InChI is InChI=1S/C21H18ClN3O6/c1-29-19-7-3-13(9-20(19)30-2)10-21(26)24-23-12-15-5-8-18(31-15)16-11-14(25(27)28)4-6-17(16)22/h3-9,11-12H,10H2,1-2H3,(H,24,26)/b23-12-. The summed E-state index contributed by atoms with van der Waals surface area (Å²) in [5.41, 5.74) is 3.42. The molecule has 0 bridgehead atoms. The van der Waals surface area contributed by atoms with Crippen LogP contribution in [0.3, 0.4) is 0 Å². The van der Waals surface area contributed by atoms with Crippen LogP contribution in [0.5, 0.6) is 11.5 Å². The predicted molar refractivity (Wildman–Crippen MR) is 115 cm³/mol. The Bertz CT molecular complexity index is 1140. The van der Waals surface area contributed by atoms with Crippen LogP contribution >= 0.6 is 11.6 Å². The Labute approximate surface area is 182 Å². The Balaban J connectivity index is 1.64. The molecule has 0 saturated carbocycles. The van der Waals surface area contributed by atoms with E-state index in [1.807, 2.05) is 0 Å². The van der Waals surface area contributed by atoms with Gasteiger partial charge in [0.2, 0.25) is 5.91 Å². The van der Waals surface area contributed by atoms with Gasteiger partial charge in [0.1, 0.15) is 11.5 Å². The van der Waals surface area contributed by atoms with E-state index in [1.54, 1.807) is 30.3 Å². The van der Waals surface area contributed by atoms with Crippen LogP contribution < -0.4 is 14.9 Å². The van der Waals surface area contributed by atoms with E-state index in [9.17, 15) is 14.9 Å². The summed E-state index contributed by atoms with van der Waals surface area (Å²) in [6.07, 6.45) is 1.41. The molecular weight excluding hydrogens is 426 g/mol. The number of carbonyl (C=O) groups is 1. The highest BCUT2D eigenvalue weighted by atomic mass is 35.5.